The van der Waals surface area contributed by atoms with E-state index in [1.807, 2.05) is 48.5 Å². The van der Waals surface area contributed by atoms with E-state index in [-0.39, 0.29) is 18.2 Å². The largest absolute Gasteiger partial charge is 0.355 e. The fraction of sp³-hybridized carbons (Fsp3) is 0.316. The minimum absolute atomic E-state index is 0.0903. The van der Waals surface area contributed by atoms with Crippen molar-refractivity contribution in [2.75, 3.05) is 28.9 Å². The Morgan fingerprint density at radius 1 is 1.15 bits per heavy atom. The number of rotatable bonds is 8. The number of anilines is 1. The van der Waals surface area contributed by atoms with Gasteiger partial charge in [-0.25, -0.2) is 8.42 Å². The molecule has 27 heavy (non-hydrogen) atoms. The number of benzene rings is 2. The highest BCUT2D eigenvalue weighted by molar-refractivity contribution is 9.10. The Balaban J connectivity index is 1.41. The first kappa shape index (κ1) is 20.2. The lowest BCUT2D eigenvalue weighted by molar-refractivity contribution is -0.120. The van der Waals surface area contributed by atoms with E-state index in [1.54, 1.807) is 11.8 Å². The van der Waals surface area contributed by atoms with Gasteiger partial charge in [-0.3, -0.25) is 9.10 Å². The van der Waals surface area contributed by atoms with E-state index in [0.29, 0.717) is 18.7 Å². The van der Waals surface area contributed by atoms with E-state index >= 15 is 0 Å². The predicted octanol–water partition coefficient (Wildman–Crippen LogP) is 3.44. The molecular weight excluding hydrogens is 448 g/mol. The summed E-state index contributed by atoms with van der Waals surface area (Å²) in [6, 6.07) is 15.5. The van der Waals surface area contributed by atoms with Gasteiger partial charge in [0, 0.05) is 34.6 Å². The molecular formula is C19H21BrN2O3S2. The standard InChI is InChI=1S/C19H21BrN2O3S2/c20-16-5-7-17(8-6-16)26-13-10-19(23)21-11-14-27(24,25)22-12-9-15-3-1-2-4-18(15)22/h1-8H,9-14H2,(H,21,23). The van der Waals surface area contributed by atoms with Crippen LogP contribution in [0.15, 0.2) is 57.9 Å². The maximum Gasteiger partial charge on any atom is 0.236 e. The average molecular weight is 469 g/mol. The third-order valence-corrected chi connectivity index (χ3v) is 7.59. The zero-order valence-electron chi connectivity index (χ0n) is 14.7. The molecule has 0 aromatic heterocycles. The summed E-state index contributed by atoms with van der Waals surface area (Å²) in [7, 11) is -3.43. The number of hydrogen-bond acceptors (Lipinski definition) is 4. The highest BCUT2D eigenvalue weighted by Gasteiger charge is 2.28. The number of sulfonamides is 1. The first-order valence-electron chi connectivity index (χ1n) is 8.69. The summed E-state index contributed by atoms with van der Waals surface area (Å²) in [5.41, 5.74) is 1.81. The second-order valence-corrected chi connectivity index (χ2v) is 10.3. The first-order chi connectivity index (χ1) is 13.0. The molecule has 3 rings (SSSR count). The first-order valence-corrected chi connectivity index (χ1v) is 12.1. The van der Waals surface area contributed by atoms with E-state index in [1.165, 1.54) is 4.31 Å². The summed E-state index contributed by atoms with van der Waals surface area (Å²) >= 11 is 4.99. The lowest BCUT2D eigenvalue weighted by Gasteiger charge is -2.19. The summed E-state index contributed by atoms with van der Waals surface area (Å²) in [6.07, 6.45) is 1.09. The van der Waals surface area contributed by atoms with Crippen LogP contribution in [-0.4, -0.2) is 38.9 Å². The summed E-state index contributed by atoms with van der Waals surface area (Å²) in [5.74, 6) is 0.434. The summed E-state index contributed by atoms with van der Waals surface area (Å²) < 4.78 is 27.6. The van der Waals surface area contributed by atoms with Crippen LogP contribution in [0.2, 0.25) is 0 Å². The second-order valence-electron chi connectivity index (χ2n) is 6.17. The molecule has 0 spiro atoms. The minimum Gasteiger partial charge on any atom is -0.355 e. The Hall–Kier alpha value is -1.51. The van der Waals surface area contributed by atoms with Gasteiger partial charge in [0.15, 0.2) is 0 Å². The maximum absolute atomic E-state index is 12.6. The monoisotopic (exact) mass is 468 g/mol. The van der Waals surface area contributed by atoms with Crippen LogP contribution in [0.5, 0.6) is 0 Å². The number of thioether (sulfide) groups is 1. The van der Waals surface area contributed by atoms with Gasteiger partial charge < -0.3 is 5.32 Å². The highest BCUT2D eigenvalue weighted by atomic mass is 79.9. The van der Waals surface area contributed by atoms with Crippen molar-refractivity contribution in [3.63, 3.8) is 0 Å². The highest BCUT2D eigenvalue weighted by Crippen LogP contribution is 2.29. The van der Waals surface area contributed by atoms with Crippen molar-refractivity contribution in [3.05, 3.63) is 58.6 Å². The normalized spacial score (nSPS) is 13.4. The Morgan fingerprint density at radius 2 is 1.89 bits per heavy atom. The number of carbonyl (C=O) groups excluding carboxylic acids is 1. The molecule has 1 aliphatic heterocycles. The number of halogens is 1. The van der Waals surface area contributed by atoms with Crippen molar-refractivity contribution in [1.82, 2.24) is 5.32 Å². The van der Waals surface area contributed by atoms with Gasteiger partial charge in [0.1, 0.15) is 0 Å². The van der Waals surface area contributed by atoms with E-state index in [2.05, 4.69) is 21.2 Å². The molecule has 1 heterocycles. The molecule has 0 saturated carbocycles. The number of nitrogens with one attached hydrogen (secondary N) is 1. The van der Waals surface area contributed by atoms with Gasteiger partial charge in [-0.05, 0) is 42.3 Å². The Kier molecular flexibility index (Phi) is 6.83. The number of nitrogens with zero attached hydrogens (tertiary/aromatic N) is 1. The average Bonchev–Trinajstić information content (AvgIpc) is 3.08. The van der Waals surface area contributed by atoms with Crippen molar-refractivity contribution in [2.24, 2.45) is 0 Å². The number of para-hydroxylation sites is 1. The Bertz CT molecular complexity index is 901. The Morgan fingerprint density at radius 3 is 2.67 bits per heavy atom. The molecule has 0 fully saturated rings. The number of hydrogen-bond donors (Lipinski definition) is 1. The zero-order chi connectivity index (χ0) is 19.3. The lowest BCUT2D eigenvalue weighted by Crippen LogP contribution is -2.37. The quantitative estimate of drug-likeness (QED) is 0.602. The molecule has 5 nitrogen and oxygen atoms in total. The topological polar surface area (TPSA) is 66.5 Å². The van der Waals surface area contributed by atoms with E-state index < -0.39 is 10.0 Å². The minimum atomic E-state index is -3.43. The third-order valence-electron chi connectivity index (χ3n) is 4.27. The fourth-order valence-corrected chi connectivity index (χ4v) is 5.45. The molecule has 2 aromatic carbocycles. The van der Waals surface area contributed by atoms with Gasteiger partial charge in [0.05, 0.1) is 11.4 Å². The van der Waals surface area contributed by atoms with Crippen molar-refractivity contribution in [3.8, 4) is 0 Å². The van der Waals surface area contributed by atoms with Gasteiger partial charge in [0.2, 0.25) is 15.9 Å². The smallest absolute Gasteiger partial charge is 0.236 e. The van der Waals surface area contributed by atoms with Gasteiger partial charge in [-0.1, -0.05) is 34.1 Å². The molecule has 0 unspecified atom stereocenters. The fourth-order valence-electron chi connectivity index (χ4n) is 2.91. The molecule has 8 heteroatoms. The van der Waals surface area contributed by atoms with Crippen LogP contribution in [0, 0.1) is 0 Å². The number of amides is 1. The molecule has 1 aliphatic rings. The SMILES string of the molecule is O=C(CCSc1ccc(Br)cc1)NCCS(=O)(=O)N1CCc2ccccc21. The van der Waals surface area contributed by atoms with E-state index in [4.69, 9.17) is 0 Å². The van der Waals surface area contributed by atoms with Crippen molar-refractivity contribution in [1.29, 1.82) is 0 Å². The molecule has 2 aromatic rings. The summed E-state index contributed by atoms with van der Waals surface area (Å²) in [4.78, 5) is 13.1. The molecule has 1 N–H and O–H groups in total. The molecule has 0 radical (unpaired) electrons. The van der Waals surface area contributed by atoms with Crippen LogP contribution in [0.1, 0.15) is 12.0 Å². The molecule has 0 bridgehead atoms. The summed E-state index contributed by atoms with van der Waals surface area (Å²) in [5, 5.41) is 2.72. The van der Waals surface area contributed by atoms with Gasteiger partial charge in [0.25, 0.3) is 0 Å². The van der Waals surface area contributed by atoms with Gasteiger partial charge in [-0.15, -0.1) is 11.8 Å². The molecule has 1 amide bonds. The van der Waals surface area contributed by atoms with Crippen molar-refractivity contribution in [2.45, 2.75) is 17.7 Å². The molecule has 144 valence electrons. The number of fused-ring (bicyclic) bond motifs is 1. The van der Waals surface area contributed by atoms with Crippen LogP contribution < -0.4 is 9.62 Å². The van der Waals surface area contributed by atoms with Crippen LogP contribution in [-0.2, 0) is 21.2 Å². The Labute approximate surface area is 172 Å². The predicted molar refractivity (Wildman–Crippen MR) is 114 cm³/mol. The van der Waals surface area contributed by atoms with Crippen LogP contribution in [0.4, 0.5) is 5.69 Å². The summed E-state index contributed by atoms with van der Waals surface area (Å²) in [6.45, 7) is 0.599. The number of carbonyl (C=O) groups is 1. The van der Waals surface area contributed by atoms with Crippen molar-refractivity contribution < 1.29 is 13.2 Å². The van der Waals surface area contributed by atoms with Crippen LogP contribution in [0.3, 0.4) is 0 Å². The molecule has 0 aliphatic carbocycles. The second kappa shape index (κ2) is 9.12. The van der Waals surface area contributed by atoms with Gasteiger partial charge >= 0.3 is 0 Å². The lowest BCUT2D eigenvalue weighted by atomic mass is 10.2. The van der Waals surface area contributed by atoms with Crippen molar-refractivity contribution >= 4 is 49.3 Å². The molecule has 0 saturated heterocycles. The van der Waals surface area contributed by atoms with Gasteiger partial charge in [-0.2, -0.15) is 0 Å². The van der Waals surface area contributed by atoms with E-state index in [9.17, 15) is 13.2 Å². The zero-order valence-corrected chi connectivity index (χ0v) is 17.9. The van der Waals surface area contributed by atoms with Crippen LogP contribution >= 0.6 is 27.7 Å². The molecule has 0 atom stereocenters. The van der Waals surface area contributed by atoms with E-state index in [0.717, 1.165) is 27.0 Å². The third kappa shape index (κ3) is 5.49. The van der Waals surface area contributed by atoms with Crippen LogP contribution in [0.25, 0.3) is 0 Å². The maximum atomic E-state index is 12.6.